The number of aryl methyl sites for hydroxylation is 3. The van der Waals surface area contributed by atoms with Gasteiger partial charge in [0.1, 0.15) is 17.5 Å². The summed E-state index contributed by atoms with van der Waals surface area (Å²) in [4.78, 5) is 29.2. The molecular formula is C28H30F2N4O2. The van der Waals surface area contributed by atoms with Crippen molar-refractivity contribution in [1.82, 2.24) is 14.9 Å². The highest BCUT2D eigenvalue weighted by molar-refractivity contribution is 5.99. The van der Waals surface area contributed by atoms with Gasteiger partial charge >= 0.3 is 0 Å². The van der Waals surface area contributed by atoms with E-state index in [1.165, 1.54) is 18.2 Å². The Morgan fingerprint density at radius 1 is 1.11 bits per heavy atom. The first-order valence-corrected chi connectivity index (χ1v) is 12.1. The van der Waals surface area contributed by atoms with E-state index in [0.717, 1.165) is 22.4 Å². The third-order valence-corrected chi connectivity index (χ3v) is 6.58. The lowest BCUT2D eigenvalue weighted by atomic mass is 9.89. The first kappa shape index (κ1) is 25.4. The zero-order valence-corrected chi connectivity index (χ0v) is 21.0. The zero-order chi connectivity index (χ0) is 25.8. The van der Waals surface area contributed by atoms with E-state index in [4.69, 9.17) is 9.82 Å². The SMILES string of the molecule is CC(=NOc1cc(C)ccc1C)c1cnc(C)nc1C1CCN(C(=O)Cc2c(F)cccc2F)CC1. The summed E-state index contributed by atoms with van der Waals surface area (Å²) in [5.41, 5.74) is 4.24. The number of hydrogen-bond acceptors (Lipinski definition) is 5. The number of halogens is 2. The molecule has 6 nitrogen and oxygen atoms in total. The Morgan fingerprint density at radius 2 is 1.81 bits per heavy atom. The van der Waals surface area contributed by atoms with Crippen molar-refractivity contribution in [3.63, 3.8) is 0 Å². The van der Waals surface area contributed by atoms with Crippen LogP contribution in [0.5, 0.6) is 5.75 Å². The quantitative estimate of drug-likeness (QED) is 0.340. The van der Waals surface area contributed by atoms with Gasteiger partial charge in [-0.2, -0.15) is 0 Å². The maximum absolute atomic E-state index is 14.0. The van der Waals surface area contributed by atoms with E-state index in [-0.39, 0.29) is 23.8 Å². The first-order chi connectivity index (χ1) is 17.2. The molecule has 0 atom stereocenters. The van der Waals surface area contributed by atoms with Crippen LogP contribution in [-0.4, -0.2) is 39.6 Å². The predicted molar refractivity (Wildman–Crippen MR) is 134 cm³/mol. The van der Waals surface area contributed by atoms with E-state index in [2.05, 4.69) is 10.1 Å². The summed E-state index contributed by atoms with van der Waals surface area (Å²) in [6.07, 6.45) is 2.84. The van der Waals surface area contributed by atoms with Crippen LogP contribution in [0.4, 0.5) is 8.78 Å². The fourth-order valence-corrected chi connectivity index (χ4v) is 4.42. The van der Waals surface area contributed by atoms with Gasteiger partial charge in [-0.15, -0.1) is 0 Å². The van der Waals surface area contributed by atoms with E-state index < -0.39 is 11.6 Å². The van der Waals surface area contributed by atoms with Gasteiger partial charge in [0.25, 0.3) is 0 Å². The van der Waals surface area contributed by atoms with Crippen molar-refractivity contribution in [3.8, 4) is 5.75 Å². The van der Waals surface area contributed by atoms with Crippen molar-refractivity contribution >= 4 is 11.6 Å². The number of rotatable bonds is 6. The van der Waals surface area contributed by atoms with Crippen molar-refractivity contribution < 1.29 is 18.4 Å². The fraction of sp³-hybridized carbons (Fsp3) is 0.357. The molecule has 0 aliphatic carbocycles. The Balaban J connectivity index is 1.46. The largest absolute Gasteiger partial charge is 0.356 e. The molecule has 0 radical (unpaired) electrons. The van der Waals surface area contributed by atoms with Gasteiger partial charge < -0.3 is 9.74 Å². The standard InChI is InChI=1S/C28H30F2N4O2/c1-17-8-9-18(2)26(14-17)36-33-19(3)23-16-31-20(4)32-28(23)21-10-12-34(13-11-21)27(35)15-22-24(29)6-5-7-25(22)30/h5-9,14,16,21H,10-13,15H2,1-4H3. The number of amides is 1. The average Bonchev–Trinajstić information content (AvgIpc) is 2.86. The Morgan fingerprint density at radius 3 is 2.50 bits per heavy atom. The van der Waals surface area contributed by atoms with Crippen molar-refractivity contribution in [2.75, 3.05) is 13.1 Å². The molecule has 0 bridgehead atoms. The lowest BCUT2D eigenvalue weighted by molar-refractivity contribution is -0.131. The lowest BCUT2D eigenvalue weighted by Gasteiger charge is -2.32. The van der Waals surface area contributed by atoms with Crippen LogP contribution in [0.2, 0.25) is 0 Å². The van der Waals surface area contributed by atoms with Crippen LogP contribution in [0.25, 0.3) is 0 Å². The highest BCUT2D eigenvalue weighted by atomic mass is 19.1. The lowest BCUT2D eigenvalue weighted by Crippen LogP contribution is -2.39. The van der Waals surface area contributed by atoms with Crippen LogP contribution in [-0.2, 0) is 11.2 Å². The number of carbonyl (C=O) groups excluding carboxylic acids is 1. The number of nitrogens with zero attached hydrogens (tertiary/aromatic N) is 4. The van der Waals surface area contributed by atoms with E-state index in [1.807, 2.05) is 45.9 Å². The third kappa shape index (κ3) is 5.75. The molecule has 188 valence electrons. The molecule has 1 fully saturated rings. The van der Waals surface area contributed by atoms with Gasteiger partial charge in [-0.05, 0) is 69.9 Å². The van der Waals surface area contributed by atoms with Crippen molar-refractivity contribution in [3.05, 3.63) is 88.0 Å². The van der Waals surface area contributed by atoms with E-state index in [1.54, 1.807) is 11.1 Å². The minimum atomic E-state index is -0.697. The van der Waals surface area contributed by atoms with Gasteiger partial charge in [-0.3, -0.25) is 4.79 Å². The number of hydrogen-bond donors (Lipinski definition) is 0. The Hall–Kier alpha value is -3.68. The highest BCUT2D eigenvalue weighted by Gasteiger charge is 2.28. The molecule has 1 aliphatic rings. The number of carbonyl (C=O) groups is 1. The second kappa shape index (κ2) is 10.9. The summed E-state index contributed by atoms with van der Waals surface area (Å²) in [7, 11) is 0. The highest BCUT2D eigenvalue weighted by Crippen LogP contribution is 2.30. The smallest absolute Gasteiger partial charge is 0.227 e. The van der Waals surface area contributed by atoms with Gasteiger partial charge in [-0.25, -0.2) is 18.7 Å². The van der Waals surface area contributed by atoms with Crippen LogP contribution >= 0.6 is 0 Å². The Labute approximate surface area is 210 Å². The number of oxime groups is 1. The average molecular weight is 493 g/mol. The summed E-state index contributed by atoms with van der Waals surface area (Å²) >= 11 is 0. The number of likely N-dealkylation sites (tertiary alicyclic amines) is 1. The summed E-state index contributed by atoms with van der Waals surface area (Å²) in [6, 6.07) is 9.60. The Bertz CT molecular complexity index is 1280. The summed E-state index contributed by atoms with van der Waals surface area (Å²) < 4.78 is 28.0. The maximum Gasteiger partial charge on any atom is 0.227 e. The number of piperidine rings is 1. The molecular weight excluding hydrogens is 462 g/mol. The molecule has 2 aromatic carbocycles. The monoisotopic (exact) mass is 492 g/mol. The van der Waals surface area contributed by atoms with E-state index >= 15 is 0 Å². The van der Waals surface area contributed by atoms with Gasteiger partial charge in [0.2, 0.25) is 5.91 Å². The van der Waals surface area contributed by atoms with Crippen LogP contribution in [0.15, 0.2) is 47.8 Å². The van der Waals surface area contributed by atoms with Crippen molar-refractivity contribution in [2.45, 2.75) is 52.9 Å². The third-order valence-electron chi connectivity index (χ3n) is 6.58. The zero-order valence-electron chi connectivity index (χ0n) is 21.0. The second-order valence-electron chi connectivity index (χ2n) is 9.29. The predicted octanol–water partition coefficient (Wildman–Crippen LogP) is 5.43. The summed E-state index contributed by atoms with van der Waals surface area (Å²) in [6.45, 7) is 8.64. The topological polar surface area (TPSA) is 67.7 Å². The number of benzene rings is 2. The molecule has 36 heavy (non-hydrogen) atoms. The molecule has 1 amide bonds. The molecule has 8 heteroatoms. The molecule has 4 rings (SSSR count). The number of aromatic nitrogens is 2. The molecule has 1 saturated heterocycles. The van der Waals surface area contributed by atoms with Crippen LogP contribution in [0.3, 0.4) is 0 Å². The van der Waals surface area contributed by atoms with Gasteiger partial charge in [0.15, 0.2) is 5.75 Å². The Kier molecular flexibility index (Phi) is 7.72. The van der Waals surface area contributed by atoms with Crippen LogP contribution in [0, 0.1) is 32.4 Å². The van der Waals surface area contributed by atoms with E-state index in [9.17, 15) is 13.6 Å². The van der Waals surface area contributed by atoms with Gasteiger partial charge in [0, 0.05) is 36.3 Å². The minimum Gasteiger partial charge on any atom is -0.356 e. The first-order valence-electron chi connectivity index (χ1n) is 12.1. The molecule has 1 aromatic heterocycles. The summed E-state index contributed by atoms with van der Waals surface area (Å²) in [5, 5.41) is 4.36. The van der Waals surface area contributed by atoms with E-state index in [0.29, 0.717) is 43.2 Å². The molecule has 0 unspecified atom stereocenters. The molecule has 0 spiro atoms. The fourth-order valence-electron chi connectivity index (χ4n) is 4.42. The summed E-state index contributed by atoms with van der Waals surface area (Å²) in [5.74, 6) is -0.222. The molecule has 2 heterocycles. The van der Waals surface area contributed by atoms with Gasteiger partial charge in [-0.1, -0.05) is 23.4 Å². The maximum atomic E-state index is 14.0. The molecule has 0 N–H and O–H groups in total. The van der Waals surface area contributed by atoms with Gasteiger partial charge in [0.05, 0.1) is 17.8 Å². The molecule has 3 aromatic rings. The second-order valence-corrected chi connectivity index (χ2v) is 9.29. The minimum absolute atomic E-state index is 0.0989. The molecule has 1 aliphatic heterocycles. The van der Waals surface area contributed by atoms with Crippen molar-refractivity contribution in [2.24, 2.45) is 5.16 Å². The normalized spacial score (nSPS) is 14.7. The van der Waals surface area contributed by atoms with Crippen LogP contribution < -0.4 is 4.84 Å². The van der Waals surface area contributed by atoms with Crippen LogP contribution in [0.1, 0.15) is 59.5 Å². The van der Waals surface area contributed by atoms with Crippen molar-refractivity contribution in [1.29, 1.82) is 0 Å². The molecule has 0 saturated carbocycles.